The normalized spacial score (nSPS) is 10.7. The molecular weight excluding hydrogens is 272 g/mol. The third-order valence-electron chi connectivity index (χ3n) is 2.09. The van der Waals surface area contributed by atoms with Crippen molar-refractivity contribution in [3.63, 3.8) is 0 Å². The summed E-state index contributed by atoms with van der Waals surface area (Å²) in [4.78, 5) is 20.1. The van der Waals surface area contributed by atoms with E-state index < -0.39 is 5.97 Å². The molecule has 0 aliphatic rings. The molecule has 1 aromatic rings. The summed E-state index contributed by atoms with van der Waals surface area (Å²) in [6.07, 6.45) is 1.50. The van der Waals surface area contributed by atoms with Gasteiger partial charge in [-0.15, -0.1) is 11.6 Å². The minimum Gasteiger partial charge on any atom is -0.462 e. The second kappa shape index (κ2) is 7.59. The molecule has 0 unspecified atom stereocenters. The van der Waals surface area contributed by atoms with Gasteiger partial charge < -0.3 is 4.74 Å². The fourth-order valence-corrected chi connectivity index (χ4v) is 2.08. The molecule has 0 fully saturated rings. The summed E-state index contributed by atoms with van der Waals surface area (Å²) < 4.78 is 4.93. The average molecular weight is 289 g/mol. The van der Waals surface area contributed by atoms with E-state index in [-0.39, 0.29) is 5.88 Å². The monoisotopic (exact) mass is 288 g/mol. The van der Waals surface area contributed by atoms with Crippen molar-refractivity contribution >= 4 is 29.3 Å². The third kappa shape index (κ3) is 4.46. The summed E-state index contributed by atoms with van der Waals surface area (Å²) in [6.45, 7) is 6.30. The molecule has 100 valence electrons. The molecule has 1 heterocycles. The van der Waals surface area contributed by atoms with Gasteiger partial charge in [0.15, 0.2) is 0 Å². The molecule has 0 saturated carbocycles. The number of ether oxygens (including phenoxy) is 1. The fraction of sp³-hybridized carbons (Fsp3) is 0.583. The van der Waals surface area contributed by atoms with Gasteiger partial charge in [-0.2, -0.15) is 11.8 Å². The Balaban J connectivity index is 2.86. The number of carbonyl (C=O) groups excluding carboxylic acids is 1. The maximum absolute atomic E-state index is 11.6. The first-order valence-corrected chi connectivity index (χ1v) is 7.36. The fourth-order valence-electron chi connectivity index (χ4n) is 1.25. The summed E-state index contributed by atoms with van der Waals surface area (Å²) in [7, 11) is 0. The van der Waals surface area contributed by atoms with Crippen LogP contribution in [0.15, 0.2) is 6.20 Å². The van der Waals surface area contributed by atoms with Crippen LogP contribution in [0.25, 0.3) is 0 Å². The van der Waals surface area contributed by atoms with E-state index in [1.165, 1.54) is 6.20 Å². The van der Waals surface area contributed by atoms with Gasteiger partial charge in [0, 0.05) is 6.20 Å². The highest BCUT2D eigenvalue weighted by Crippen LogP contribution is 2.16. The minimum atomic E-state index is -0.420. The number of nitrogens with zero attached hydrogens (tertiary/aromatic N) is 2. The van der Waals surface area contributed by atoms with Gasteiger partial charge in [0.25, 0.3) is 0 Å². The first-order valence-electron chi connectivity index (χ1n) is 5.78. The second-order valence-corrected chi connectivity index (χ2v) is 5.69. The van der Waals surface area contributed by atoms with E-state index in [0.717, 1.165) is 0 Å². The lowest BCUT2D eigenvalue weighted by atomic mass is 10.2. The number of hydrogen-bond acceptors (Lipinski definition) is 5. The van der Waals surface area contributed by atoms with Crippen LogP contribution < -0.4 is 0 Å². The Bertz CT molecular complexity index is 413. The Morgan fingerprint density at radius 1 is 1.56 bits per heavy atom. The molecule has 6 heteroatoms. The summed E-state index contributed by atoms with van der Waals surface area (Å²) in [6, 6.07) is 0. The molecular formula is C12H17ClN2O2S. The topological polar surface area (TPSA) is 52.1 Å². The SMILES string of the molecule is CCOC(=O)c1cnc(CSC(C)C)nc1CCl. The zero-order valence-electron chi connectivity index (χ0n) is 10.8. The predicted octanol–water partition coefficient (Wildman–Crippen LogP) is 3.03. The Morgan fingerprint density at radius 3 is 2.83 bits per heavy atom. The maximum Gasteiger partial charge on any atom is 0.341 e. The van der Waals surface area contributed by atoms with E-state index in [1.54, 1.807) is 18.7 Å². The van der Waals surface area contributed by atoms with Crippen molar-refractivity contribution in [1.29, 1.82) is 0 Å². The van der Waals surface area contributed by atoms with Crippen LogP contribution in [0.5, 0.6) is 0 Å². The first kappa shape index (κ1) is 15.2. The largest absolute Gasteiger partial charge is 0.462 e. The highest BCUT2D eigenvalue weighted by molar-refractivity contribution is 7.99. The number of esters is 1. The Morgan fingerprint density at radius 2 is 2.28 bits per heavy atom. The van der Waals surface area contributed by atoms with Crippen LogP contribution in [0.2, 0.25) is 0 Å². The Labute approximate surface area is 116 Å². The number of carbonyl (C=O) groups is 1. The number of halogens is 1. The average Bonchev–Trinajstić information content (AvgIpc) is 2.36. The van der Waals surface area contributed by atoms with Crippen LogP contribution in [0, 0.1) is 0 Å². The first-order chi connectivity index (χ1) is 8.58. The smallest absolute Gasteiger partial charge is 0.341 e. The van der Waals surface area contributed by atoms with Crippen molar-refractivity contribution in [1.82, 2.24) is 9.97 Å². The Hall–Kier alpha value is -0.810. The van der Waals surface area contributed by atoms with Crippen LogP contribution in [-0.4, -0.2) is 27.8 Å². The van der Waals surface area contributed by atoms with Crippen molar-refractivity contribution in [2.24, 2.45) is 0 Å². The van der Waals surface area contributed by atoms with Crippen LogP contribution in [-0.2, 0) is 16.4 Å². The Kier molecular flexibility index (Phi) is 6.43. The minimum absolute atomic E-state index is 0.177. The molecule has 0 atom stereocenters. The van der Waals surface area contributed by atoms with Gasteiger partial charge in [0.05, 0.1) is 23.9 Å². The van der Waals surface area contributed by atoms with Gasteiger partial charge in [-0.05, 0) is 12.2 Å². The number of alkyl halides is 1. The van der Waals surface area contributed by atoms with E-state index in [0.29, 0.717) is 34.7 Å². The van der Waals surface area contributed by atoms with Gasteiger partial charge in [-0.25, -0.2) is 14.8 Å². The van der Waals surface area contributed by atoms with Crippen molar-refractivity contribution in [2.45, 2.75) is 37.7 Å². The van der Waals surface area contributed by atoms with Gasteiger partial charge >= 0.3 is 5.97 Å². The summed E-state index contributed by atoms with van der Waals surface area (Å²) in [5.41, 5.74) is 0.884. The zero-order valence-corrected chi connectivity index (χ0v) is 12.3. The van der Waals surface area contributed by atoms with E-state index in [4.69, 9.17) is 16.3 Å². The molecule has 0 aliphatic carbocycles. The van der Waals surface area contributed by atoms with Crippen molar-refractivity contribution < 1.29 is 9.53 Å². The quantitative estimate of drug-likeness (QED) is 0.595. The molecule has 0 bridgehead atoms. The van der Waals surface area contributed by atoms with Gasteiger partial charge in [0.2, 0.25) is 0 Å². The molecule has 0 N–H and O–H groups in total. The number of rotatable bonds is 6. The van der Waals surface area contributed by atoms with Gasteiger partial charge in [-0.1, -0.05) is 13.8 Å². The van der Waals surface area contributed by atoms with Crippen LogP contribution in [0.3, 0.4) is 0 Å². The number of aromatic nitrogens is 2. The summed E-state index contributed by atoms with van der Waals surface area (Å²) in [5.74, 6) is 1.16. The lowest BCUT2D eigenvalue weighted by Crippen LogP contribution is -2.11. The predicted molar refractivity (Wildman–Crippen MR) is 74.0 cm³/mol. The third-order valence-corrected chi connectivity index (χ3v) is 3.43. The molecule has 0 spiro atoms. The number of hydrogen-bond donors (Lipinski definition) is 0. The molecule has 0 aromatic carbocycles. The zero-order chi connectivity index (χ0) is 13.5. The highest BCUT2D eigenvalue weighted by atomic mass is 35.5. The van der Waals surface area contributed by atoms with Crippen molar-refractivity contribution in [3.05, 3.63) is 23.3 Å². The summed E-state index contributed by atoms with van der Waals surface area (Å²) in [5, 5.41) is 0.512. The highest BCUT2D eigenvalue weighted by Gasteiger charge is 2.15. The standard InChI is InChI=1S/C12H17ClN2O2S/c1-4-17-12(16)9-6-14-11(7-18-8(2)3)15-10(9)5-13/h6,8H,4-5,7H2,1-3H3. The number of thioether (sulfide) groups is 1. The maximum atomic E-state index is 11.6. The molecule has 4 nitrogen and oxygen atoms in total. The molecule has 1 rings (SSSR count). The van der Waals surface area contributed by atoms with Gasteiger partial charge in [-0.3, -0.25) is 0 Å². The van der Waals surface area contributed by atoms with Crippen molar-refractivity contribution in [2.75, 3.05) is 6.61 Å². The van der Waals surface area contributed by atoms with Crippen LogP contribution in [0.4, 0.5) is 0 Å². The van der Waals surface area contributed by atoms with Crippen LogP contribution >= 0.6 is 23.4 Å². The van der Waals surface area contributed by atoms with Crippen LogP contribution in [0.1, 0.15) is 42.6 Å². The summed E-state index contributed by atoms with van der Waals surface area (Å²) >= 11 is 7.55. The van der Waals surface area contributed by atoms with E-state index in [9.17, 15) is 4.79 Å². The van der Waals surface area contributed by atoms with E-state index in [1.807, 2.05) is 0 Å². The van der Waals surface area contributed by atoms with Crippen molar-refractivity contribution in [3.8, 4) is 0 Å². The molecule has 0 radical (unpaired) electrons. The lowest BCUT2D eigenvalue weighted by Gasteiger charge is -2.08. The molecule has 0 amide bonds. The van der Waals surface area contributed by atoms with Gasteiger partial charge in [0.1, 0.15) is 11.4 Å². The lowest BCUT2D eigenvalue weighted by molar-refractivity contribution is 0.0524. The molecule has 0 saturated heterocycles. The van der Waals surface area contributed by atoms with E-state index in [2.05, 4.69) is 23.8 Å². The molecule has 18 heavy (non-hydrogen) atoms. The molecule has 0 aliphatic heterocycles. The second-order valence-electron chi connectivity index (χ2n) is 3.86. The van der Waals surface area contributed by atoms with E-state index >= 15 is 0 Å². The molecule has 1 aromatic heterocycles.